The van der Waals surface area contributed by atoms with E-state index in [0.29, 0.717) is 23.8 Å². The van der Waals surface area contributed by atoms with E-state index < -0.39 is 0 Å². The molecule has 2 N–H and O–H groups in total. The molecule has 0 amide bonds. The molecule has 1 aliphatic carbocycles. The molecular weight excluding hydrogens is 292 g/mol. The summed E-state index contributed by atoms with van der Waals surface area (Å²) in [4.78, 5) is 26.0. The van der Waals surface area contributed by atoms with E-state index in [2.05, 4.69) is 26.1 Å². The van der Waals surface area contributed by atoms with Gasteiger partial charge in [0.25, 0.3) is 5.56 Å². The lowest BCUT2D eigenvalue weighted by Gasteiger charge is -2.43. The van der Waals surface area contributed by atoms with Gasteiger partial charge in [-0.3, -0.25) is 13.9 Å². The van der Waals surface area contributed by atoms with Crippen LogP contribution >= 0.6 is 0 Å². The van der Waals surface area contributed by atoms with E-state index in [1.165, 1.54) is 28.7 Å². The Morgan fingerprint density at radius 3 is 2.52 bits per heavy atom. The van der Waals surface area contributed by atoms with Gasteiger partial charge in [-0.25, -0.2) is 4.79 Å². The average molecular weight is 321 g/mol. The normalized spacial score (nSPS) is 29.7. The fourth-order valence-electron chi connectivity index (χ4n) is 4.73. The van der Waals surface area contributed by atoms with Crippen LogP contribution in [0.15, 0.2) is 9.59 Å². The van der Waals surface area contributed by atoms with Crippen molar-refractivity contribution in [2.24, 2.45) is 25.4 Å². The third-order valence-corrected chi connectivity index (χ3v) is 5.61. The predicted molar refractivity (Wildman–Crippen MR) is 90.7 cm³/mol. The number of hydrogen-bond donors (Lipinski definition) is 2. The molecule has 0 aromatic carbocycles. The summed E-state index contributed by atoms with van der Waals surface area (Å²) in [5.41, 5.74) is 0.685. The fourth-order valence-corrected chi connectivity index (χ4v) is 4.73. The van der Waals surface area contributed by atoms with Gasteiger partial charge in [0.15, 0.2) is 6.67 Å². The summed E-state index contributed by atoms with van der Waals surface area (Å²) in [5.74, 6) is 1.42. The van der Waals surface area contributed by atoms with Crippen LogP contribution in [0.3, 0.4) is 0 Å². The minimum atomic E-state index is -0.267. The molecule has 1 fully saturated rings. The maximum absolute atomic E-state index is 12.5. The van der Waals surface area contributed by atoms with E-state index in [-0.39, 0.29) is 11.2 Å². The van der Waals surface area contributed by atoms with E-state index >= 15 is 0 Å². The van der Waals surface area contributed by atoms with Gasteiger partial charge < -0.3 is 10.2 Å². The van der Waals surface area contributed by atoms with Gasteiger partial charge in [0.05, 0.1) is 6.04 Å². The molecule has 128 valence electrons. The maximum atomic E-state index is 12.5. The first kappa shape index (κ1) is 16.3. The highest BCUT2D eigenvalue weighted by atomic mass is 16.2. The molecule has 2 heterocycles. The van der Waals surface area contributed by atoms with Crippen LogP contribution in [0.4, 0.5) is 5.82 Å². The summed E-state index contributed by atoms with van der Waals surface area (Å²) in [6, 6.07) is 0.566. The van der Waals surface area contributed by atoms with Crippen molar-refractivity contribution in [3.63, 3.8) is 0 Å². The molecule has 6 nitrogen and oxygen atoms in total. The van der Waals surface area contributed by atoms with Crippen molar-refractivity contribution < 1.29 is 4.90 Å². The molecule has 23 heavy (non-hydrogen) atoms. The molecule has 3 atom stereocenters. The van der Waals surface area contributed by atoms with Gasteiger partial charge in [-0.05, 0) is 17.8 Å². The van der Waals surface area contributed by atoms with Crippen molar-refractivity contribution in [3.8, 4) is 0 Å². The average Bonchev–Trinajstić information content (AvgIpc) is 2.48. The second-order valence-electron chi connectivity index (χ2n) is 8.33. The molecule has 1 unspecified atom stereocenters. The Kier molecular flexibility index (Phi) is 3.91. The summed E-state index contributed by atoms with van der Waals surface area (Å²) in [5, 5.41) is 3.34. The number of quaternary nitrogens is 1. The van der Waals surface area contributed by atoms with Crippen molar-refractivity contribution in [2.45, 2.75) is 52.6 Å². The van der Waals surface area contributed by atoms with Gasteiger partial charge in [0.2, 0.25) is 0 Å². The van der Waals surface area contributed by atoms with Crippen LogP contribution in [0.5, 0.6) is 0 Å². The van der Waals surface area contributed by atoms with Crippen LogP contribution in [0, 0.1) is 11.3 Å². The highest BCUT2D eigenvalue weighted by molar-refractivity contribution is 5.43. The van der Waals surface area contributed by atoms with E-state index in [1.54, 1.807) is 18.7 Å². The minimum absolute atomic E-state index is 0.157. The largest absolute Gasteiger partial charge is 0.332 e. The lowest BCUT2D eigenvalue weighted by atomic mass is 9.70. The molecule has 1 aromatic heterocycles. The zero-order valence-electron chi connectivity index (χ0n) is 14.9. The van der Waals surface area contributed by atoms with Crippen LogP contribution < -0.4 is 21.5 Å². The molecule has 0 spiro atoms. The monoisotopic (exact) mass is 321 g/mol. The van der Waals surface area contributed by atoms with Crippen LogP contribution in [0.2, 0.25) is 0 Å². The summed E-state index contributed by atoms with van der Waals surface area (Å²) in [6.07, 6.45) is 3.68. The third-order valence-electron chi connectivity index (χ3n) is 5.61. The third kappa shape index (κ3) is 2.84. The Hall–Kier alpha value is -1.56. The standard InChI is InChI=1S/C17H28N4O2/c1-11-6-12(8-17(2,3)7-11)21-9-13-14(18-10-21)19(4)16(23)20(5)15(13)22/h11-12,18H,6-10H2,1-5H3/p+1/t11-,12-/m0/s1. The summed E-state index contributed by atoms with van der Waals surface area (Å²) >= 11 is 0. The Balaban J connectivity index is 1.92. The highest BCUT2D eigenvalue weighted by Gasteiger charge is 2.39. The molecule has 2 aliphatic rings. The second-order valence-corrected chi connectivity index (χ2v) is 8.33. The summed E-state index contributed by atoms with van der Waals surface area (Å²) in [7, 11) is 3.29. The van der Waals surface area contributed by atoms with E-state index in [9.17, 15) is 9.59 Å². The lowest BCUT2D eigenvalue weighted by Crippen LogP contribution is -3.16. The smallest absolute Gasteiger partial charge is 0.324 e. The fraction of sp³-hybridized carbons (Fsp3) is 0.765. The lowest BCUT2D eigenvalue weighted by molar-refractivity contribution is -0.940. The first-order valence-electron chi connectivity index (χ1n) is 8.57. The van der Waals surface area contributed by atoms with Gasteiger partial charge in [-0.15, -0.1) is 0 Å². The van der Waals surface area contributed by atoms with Crippen molar-refractivity contribution in [1.29, 1.82) is 0 Å². The first-order chi connectivity index (χ1) is 10.7. The van der Waals surface area contributed by atoms with Crippen molar-refractivity contribution in [3.05, 3.63) is 26.4 Å². The Labute approximate surface area is 137 Å². The molecule has 1 aromatic rings. The summed E-state index contributed by atoms with van der Waals surface area (Å²) < 4.78 is 2.78. The quantitative estimate of drug-likeness (QED) is 0.769. The SMILES string of the molecule is C[C@H]1C[C@H]([NH+]2CNc3c(c(=O)n(C)c(=O)n3C)C2)CC(C)(C)C1. The van der Waals surface area contributed by atoms with E-state index in [0.717, 1.165) is 18.2 Å². The zero-order chi connectivity index (χ0) is 16.9. The van der Waals surface area contributed by atoms with Crippen LogP contribution in [0.25, 0.3) is 0 Å². The number of rotatable bonds is 1. The topological polar surface area (TPSA) is 60.5 Å². The molecule has 1 aliphatic heterocycles. The predicted octanol–water partition coefficient (Wildman–Crippen LogP) is 0.0667. The van der Waals surface area contributed by atoms with Gasteiger partial charge in [0.1, 0.15) is 17.9 Å². The summed E-state index contributed by atoms with van der Waals surface area (Å²) in [6.45, 7) is 8.52. The highest BCUT2D eigenvalue weighted by Crippen LogP contribution is 2.37. The Morgan fingerprint density at radius 2 is 1.87 bits per heavy atom. The maximum Gasteiger partial charge on any atom is 0.332 e. The molecular formula is C17H29N4O2+. The molecule has 0 saturated heterocycles. The van der Waals surface area contributed by atoms with Gasteiger partial charge in [0, 0.05) is 26.9 Å². The van der Waals surface area contributed by atoms with Crippen molar-refractivity contribution >= 4 is 5.82 Å². The minimum Gasteiger partial charge on any atom is -0.324 e. The second kappa shape index (κ2) is 5.51. The Bertz CT molecular complexity index is 731. The van der Waals surface area contributed by atoms with Crippen LogP contribution in [-0.4, -0.2) is 21.8 Å². The zero-order valence-corrected chi connectivity index (χ0v) is 14.9. The van der Waals surface area contributed by atoms with E-state index in [4.69, 9.17) is 0 Å². The molecule has 1 saturated carbocycles. The van der Waals surface area contributed by atoms with Crippen LogP contribution in [-0.2, 0) is 20.6 Å². The van der Waals surface area contributed by atoms with Gasteiger partial charge in [-0.2, -0.15) is 0 Å². The van der Waals surface area contributed by atoms with Crippen molar-refractivity contribution in [1.82, 2.24) is 9.13 Å². The number of nitrogens with one attached hydrogen (secondary N) is 2. The molecule has 0 bridgehead atoms. The number of aromatic nitrogens is 2. The van der Waals surface area contributed by atoms with E-state index in [1.807, 2.05) is 0 Å². The number of anilines is 1. The molecule has 0 radical (unpaired) electrons. The first-order valence-corrected chi connectivity index (χ1v) is 8.57. The number of fused-ring (bicyclic) bond motifs is 1. The molecule has 6 heteroatoms. The Morgan fingerprint density at radius 1 is 1.17 bits per heavy atom. The van der Waals surface area contributed by atoms with Crippen molar-refractivity contribution in [2.75, 3.05) is 12.0 Å². The van der Waals surface area contributed by atoms with Gasteiger partial charge in [-0.1, -0.05) is 20.8 Å². The van der Waals surface area contributed by atoms with Crippen LogP contribution in [0.1, 0.15) is 45.6 Å². The number of nitrogens with zero attached hydrogens (tertiary/aromatic N) is 2. The van der Waals surface area contributed by atoms with Gasteiger partial charge >= 0.3 is 5.69 Å². The molecule has 3 rings (SSSR count). The number of hydrogen-bond acceptors (Lipinski definition) is 3.